The topological polar surface area (TPSA) is 66.2 Å². The zero-order valence-corrected chi connectivity index (χ0v) is 9.14. The van der Waals surface area contributed by atoms with E-state index >= 15 is 0 Å². The summed E-state index contributed by atoms with van der Waals surface area (Å²) in [6.45, 7) is 4.51. The number of nitrogens with zero attached hydrogens (tertiary/aromatic N) is 3. The molecule has 0 amide bonds. The molecule has 1 aromatic heterocycles. The molecule has 0 bridgehead atoms. The van der Waals surface area contributed by atoms with Gasteiger partial charge in [-0.2, -0.15) is 0 Å². The van der Waals surface area contributed by atoms with Crippen molar-refractivity contribution in [3.05, 3.63) is 12.2 Å². The molecule has 1 heterocycles. The Hall–Kier alpha value is -1.43. The first kappa shape index (κ1) is 11.6. The predicted molar refractivity (Wildman–Crippen MR) is 52.3 cm³/mol. The summed E-state index contributed by atoms with van der Waals surface area (Å²) in [6.07, 6.45) is 2.16. The second-order valence-electron chi connectivity index (χ2n) is 3.01. The van der Waals surface area contributed by atoms with Crippen molar-refractivity contribution in [1.29, 1.82) is 0 Å². The van der Waals surface area contributed by atoms with E-state index in [0.717, 1.165) is 6.42 Å². The lowest BCUT2D eigenvalue weighted by atomic mass is 10.5. The van der Waals surface area contributed by atoms with E-state index in [0.29, 0.717) is 6.61 Å². The first-order valence-electron chi connectivity index (χ1n) is 4.80. The van der Waals surface area contributed by atoms with Gasteiger partial charge in [0.15, 0.2) is 0 Å². The molecule has 0 spiro atoms. The molecular weight excluding hydrogens is 198 g/mol. The minimum Gasteiger partial charge on any atom is -0.463 e. The number of carbonyl (C=O) groups excluding carboxylic acids is 1. The summed E-state index contributed by atoms with van der Waals surface area (Å²) in [5.41, 5.74) is 0. The summed E-state index contributed by atoms with van der Waals surface area (Å²) in [7, 11) is 1.29. The Morgan fingerprint density at radius 1 is 1.67 bits per heavy atom. The zero-order chi connectivity index (χ0) is 11.3. The number of aromatic nitrogens is 3. The Morgan fingerprint density at radius 2 is 2.40 bits per heavy atom. The summed E-state index contributed by atoms with van der Waals surface area (Å²) in [5.74, 6) is -0.499. The van der Waals surface area contributed by atoms with Crippen LogP contribution in [0.1, 0.15) is 37.1 Å². The smallest absolute Gasteiger partial charge is 0.377 e. The van der Waals surface area contributed by atoms with Crippen LogP contribution in [0.5, 0.6) is 0 Å². The van der Waals surface area contributed by atoms with Crippen LogP contribution in [0.25, 0.3) is 0 Å². The Labute approximate surface area is 88.2 Å². The Balaban J connectivity index is 2.62. The summed E-state index contributed by atoms with van der Waals surface area (Å²) >= 11 is 0. The number of hydrogen-bond acceptors (Lipinski definition) is 5. The van der Waals surface area contributed by atoms with Crippen molar-refractivity contribution in [3.8, 4) is 0 Å². The molecule has 6 nitrogen and oxygen atoms in total. The van der Waals surface area contributed by atoms with E-state index in [1.807, 2.05) is 13.8 Å². The van der Waals surface area contributed by atoms with E-state index in [-0.39, 0.29) is 12.1 Å². The van der Waals surface area contributed by atoms with Crippen molar-refractivity contribution < 1.29 is 14.3 Å². The highest BCUT2D eigenvalue weighted by atomic mass is 16.5. The Morgan fingerprint density at radius 3 is 3.00 bits per heavy atom. The van der Waals surface area contributed by atoms with E-state index < -0.39 is 5.97 Å². The molecule has 1 unspecified atom stereocenters. The van der Waals surface area contributed by atoms with Gasteiger partial charge in [-0.15, -0.1) is 5.10 Å². The van der Waals surface area contributed by atoms with Gasteiger partial charge in [-0.3, -0.25) is 0 Å². The molecule has 1 aromatic rings. The number of methoxy groups -OCH3 is 1. The molecule has 0 aliphatic rings. The molecule has 0 saturated heterocycles. The van der Waals surface area contributed by atoms with E-state index in [4.69, 9.17) is 4.74 Å². The number of ether oxygens (including phenoxy) is 2. The SMILES string of the molecule is CCCOC(C)n1cnc(C(=O)OC)n1. The van der Waals surface area contributed by atoms with Gasteiger partial charge in [-0.1, -0.05) is 6.92 Å². The van der Waals surface area contributed by atoms with Crippen molar-refractivity contribution in [2.45, 2.75) is 26.5 Å². The summed E-state index contributed by atoms with van der Waals surface area (Å²) in [4.78, 5) is 14.9. The molecule has 0 saturated carbocycles. The highest BCUT2D eigenvalue weighted by molar-refractivity contribution is 5.84. The maximum Gasteiger partial charge on any atom is 0.377 e. The molecular formula is C9H15N3O3. The van der Waals surface area contributed by atoms with Gasteiger partial charge in [0.2, 0.25) is 0 Å². The molecule has 0 N–H and O–H groups in total. The largest absolute Gasteiger partial charge is 0.463 e. The first-order chi connectivity index (χ1) is 7.19. The highest BCUT2D eigenvalue weighted by Gasteiger charge is 2.13. The summed E-state index contributed by atoms with van der Waals surface area (Å²) in [5, 5.41) is 3.94. The maximum atomic E-state index is 11.1. The van der Waals surface area contributed by atoms with Gasteiger partial charge < -0.3 is 9.47 Å². The van der Waals surface area contributed by atoms with Gasteiger partial charge in [0.05, 0.1) is 7.11 Å². The first-order valence-corrected chi connectivity index (χ1v) is 4.80. The fourth-order valence-corrected chi connectivity index (χ4v) is 1.000. The number of rotatable bonds is 5. The zero-order valence-electron chi connectivity index (χ0n) is 9.14. The van der Waals surface area contributed by atoms with E-state index in [2.05, 4.69) is 14.8 Å². The third-order valence-corrected chi connectivity index (χ3v) is 1.81. The van der Waals surface area contributed by atoms with E-state index in [1.54, 1.807) is 0 Å². The third-order valence-electron chi connectivity index (χ3n) is 1.81. The quantitative estimate of drug-likeness (QED) is 0.683. The van der Waals surface area contributed by atoms with Crippen molar-refractivity contribution >= 4 is 5.97 Å². The number of esters is 1. The summed E-state index contributed by atoms with van der Waals surface area (Å²) < 4.78 is 11.4. The maximum absolute atomic E-state index is 11.1. The monoisotopic (exact) mass is 213 g/mol. The van der Waals surface area contributed by atoms with Crippen LogP contribution in [0.15, 0.2) is 6.33 Å². The van der Waals surface area contributed by atoms with Crippen LogP contribution in [0.3, 0.4) is 0 Å². The Bertz CT molecular complexity index is 324. The molecule has 15 heavy (non-hydrogen) atoms. The molecule has 0 aliphatic carbocycles. The molecule has 0 fully saturated rings. The molecule has 6 heteroatoms. The third kappa shape index (κ3) is 3.02. The average molecular weight is 213 g/mol. The van der Waals surface area contributed by atoms with Gasteiger partial charge in [0, 0.05) is 6.61 Å². The molecule has 1 rings (SSSR count). The van der Waals surface area contributed by atoms with Crippen LogP contribution in [0.4, 0.5) is 0 Å². The lowest BCUT2D eigenvalue weighted by Gasteiger charge is -2.11. The second-order valence-corrected chi connectivity index (χ2v) is 3.01. The van der Waals surface area contributed by atoms with Gasteiger partial charge >= 0.3 is 5.97 Å². The molecule has 0 aromatic carbocycles. The predicted octanol–water partition coefficient (Wildman–Crippen LogP) is 1.01. The Kier molecular flexibility index (Phi) is 4.23. The lowest BCUT2D eigenvalue weighted by Crippen LogP contribution is -2.12. The van der Waals surface area contributed by atoms with Crippen LogP contribution in [0, 0.1) is 0 Å². The van der Waals surface area contributed by atoms with E-state index in [9.17, 15) is 4.79 Å². The highest BCUT2D eigenvalue weighted by Crippen LogP contribution is 2.06. The van der Waals surface area contributed by atoms with Gasteiger partial charge in [-0.25, -0.2) is 14.5 Å². The molecule has 0 aliphatic heterocycles. The van der Waals surface area contributed by atoms with Crippen LogP contribution < -0.4 is 0 Å². The fourth-order valence-electron chi connectivity index (χ4n) is 1.000. The molecule has 1 atom stereocenters. The van der Waals surface area contributed by atoms with Crippen molar-refractivity contribution in [1.82, 2.24) is 14.8 Å². The van der Waals surface area contributed by atoms with Crippen molar-refractivity contribution in [2.24, 2.45) is 0 Å². The van der Waals surface area contributed by atoms with Crippen LogP contribution in [0.2, 0.25) is 0 Å². The van der Waals surface area contributed by atoms with Gasteiger partial charge in [0.1, 0.15) is 12.6 Å². The minimum absolute atomic E-state index is 0.0458. The molecule has 0 radical (unpaired) electrons. The van der Waals surface area contributed by atoms with E-state index in [1.165, 1.54) is 18.1 Å². The van der Waals surface area contributed by atoms with Crippen LogP contribution >= 0.6 is 0 Å². The van der Waals surface area contributed by atoms with Crippen molar-refractivity contribution in [3.63, 3.8) is 0 Å². The second kappa shape index (κ2) is 5.45. The molecule has 84 valence electrons. The minimum atomic E-state index is -0.545. The lowest BCUT2D eigenvalue weighted by molar-refractivity contribution is 0.00761. The average Bonchev–Trinajstić information content (AvgIpc) is 2.74. The number of hydrogen-bond donors (Lipinski definition) is 0. The summed E-state index contributed by atoms with van der Waals surface area (Å²) in [6, 6.07) is 0. The van der Waals surface area contributed by atoms with Crippen LogP contribution in [-0.2, 0) is 9.47 Å². The fraction of sp³-hybridized carbons (Fsp3) is 0.667. The normalized spacial score (nSPS) is 12.5. The van der Waals surface area contributed by atoms with Crippen molar-refractivity contribution in [2.75, 3.05) is 13.7 Å². The standard InChI is InChI=1S/C9H15N3O3/c1-4-5-15-7(2)12-6-10-8(11-12)9(13)14-3/h6-7H,4-5H2,1-3H3. The van der Waals surface area contributed by atoms with Crippen LogP contribution in [-0.4, -0.2) is 34.5 Å². The number of carbonyl (C=O) groups is 1. The van der Waals surface area contributed by atoms with Gasteiger partial charge in [-0.05, 0) is 13.3 Å². The van der Waals surface area contributed by atoms with Gasteiger partial charge in [0.25, 0.3) is 5.82 Å².